The fourth-order valence-corrected chi connectivity index (χ4v) is 5.63. The van der Waals surface area contributed by atoms with Gasteiger partial charge in [0.25, 0.3) is 0 Å². The predicted molar refractivity (Wildman–Crippen MR) is 152 cm³/mol. The van der Waals surface area contributed by atoms with Gasteiger partial charge in [0.1, 0.15) is 11.4 Å². The van der Waals surface area contributed by atoms with Crippen molar-refractivity contribution >= 4 is 22.8 Å². The van der Waals surface area contributed by atoms with E-state index in [9.17, 15) is 14.0 Å². The lowest BCUT2D eigenvalue weighted by molar-refractivity contribution is -0.146. The summed E-state index contributed by atoms with van der Waals surface area (Å²) in [6.07, 6.45) is 2.35. The minimum atomic E-state index is -0.634. The molecule has 0 aliphatic heterocycles. The molecule has 0 bridgehead atoms. The van der Waals surface area contributed by atoms with Gasteiger partial charge in [0.2, 0.25) is 0 Å². The molecular weight excluding hydrogens is 493 g/mol. The monoisotopic (exact) mass is 533 g/mol. The quantitative estimate of drug-likeness (QED) is 0.288. The summed E-state index contributed by atoms with van der Waals surface area (Å²) < 4.78 is 25.7. The van der Waals surface area contributed by atoms with Crippen LogP contribution in [0, 0.1) is 5.82 Å². The van der Waals surface area contributed by atoms with Crippen LogP contribution in [0.15, 0.2) is 60.7 Å². The minimum Gasteiger partial charge on any atom is -0.463 e. The number of esters is 1. The number of rotatable bonds is 7. The Balaban J connectivity index is 1.57. The average molecular weight is 534 g/mol. The van der Waals surface area contributed by atoms with Gasteiger partial charge < -0.3 is 9.47 Å². The molecule has 1 aliphatic carbocycles. The lowest BCUT2D eigenvalue weighted by atomic mass is 9.95. The van der Waals surface area contributed by atoms with Crippen molar-refractivity contribution in [3.63, 3.8) is 0 Å². The van der Waals surface area contributed by atoms with Crippen LogP contribution in [0.2, 0.25) is 0 Å². The van der Waals surface area contributed by atoms with Gasteiger partial charge >= 0.3 is 12.1 Å². The standard InChI is InChI=1S/C33H40FNO4/c1-21(2)38-31(36)19-23-11-13-24(14-12-23)25-15-16-26(20-25)35(32(37)39-33(4,5)6)22(3)27-17-18-30(34)29-10-8-7-9-28(27)29/h7-14,17-18,21-22,25-26H,15-16,19-20H2,1-6H3/t22-,25-,26+/m1/s1. The van der Waals surface area contributed by atoms with Crippen LogP contribution in [-0.4, -0.2) is 34.7 Å². The van der Waals surface area contributed by atoms with Crippen molar-refractivity contribution in [2.45, 2.75) is 96.9 Å². The van der Waals surface area contributed by atoms with E-state index in [0.29, 0.717) is 5.39 Å². The molecule has 6 heteroatoms. The van der Waals surface area contributed by atoms with Gasteiger partial charge in [-0.15, -0.1) is 0 Å². The van der Waals surface area contributed by atoms with E-state index >= 15 is 0 Å². The number of ether oxygens (including phenoxy) is 2. The molecule has 3 aromatic rings. The highest BCUT2D eigenvalue weighted by Gasteiger charge is 2.38. The zero-order chi connectivity index (χ0) is 28.3. The van der Waals surface area contributed by atoms with E-state index in [4.69, 9.17) is 9.47 Å². The van der Waals surface area contributed by atoms with Crippen LogP contribution in [0.4, 0.5) is 9.18 Å². The van der Waals surface area contributed by atoms with Crippen molar-refractivity contribution in [1.29, 1.82) is 0 Å². The van der Waals surface area contributed by atoms with E-state index in [0.717, 1.165) is 35.8 Å². The zero-order valence-electron chi connectivity index (χ0n) is 23.9. The number of hydrogen-bond donors (Lipinski definition) is 0. The zero-order valence-corrected chi connectivity index (χ0v) is 23.9. The second kappa shape index (κ2) is 11.8. The molecule has 0 aromatic heterocycles. The van der Waals surface area contributed by atoms with E-state index in [1.54, 1.807) is 12.1 Å². The third kappa shape index (κ3) is 6.97. The van der Waals surface area contributed by atoms with Gasteiger partial charge in [0.05, 0.1) is 18.6 Å². The number of benzene rings is 3. The number of halogens is 1. The molecule has 5 nitrogen and oxygen atoms in total. The van der Waals surface area contributed by atoms with Crippen molar-refractivity contribution in [2.75, 3.05) is 0 Å². The van der Waals surface area contributed by atoms with Crippen LogP contribution in [-0.2, 0) is 20.7 Å². The Morgan fingerprint density at radius 3 is 2.26 bits per heavy atom. The third-order valence-electron chi connectivity index (χ3n) is 7.34. The topological polar surface area (TPSA) is 55.8 Å². The van der Waals surface area contributed by atoms with E-state index in [-0.39, 0.29) is 48.4 Å². The summed E-state index contributed by atoms with van der Waals surface area (Å²) in [6.45, 7) is 11.3. The summed E-state index contributed by atoms with van der Waals surface area (Å²) in [7, 11) is 0. The Labute approximate surface area is 231 Å². The fourth-order valence-electron chi connectivity index (χ4n) is 5.63. The molecular formula is C33H40FNO4. The van der Waals surface area contributed by atoms with Crippen molar-refractivity contribution in [3.8, 4) is 0 Å². The molecule has 3 atom stereocenters. The second-order valence-electron chi connectivity index (χ2n) is 11.9. The molecule has 0 N–H and O–H groups in total. The first-order chi connectivity index (χ1) is 18.4. The number of fused-ring (bicyclic) bond motifs is 1. The molecule has 1 aliphatic rings. The number of carbonyl (C=O) groups excluding carboxylic acids is 2. The summed E-state index contributed by atoms with van der Waals surface area (Å²) in [5.41, 5.74) is 2.39. The Hall–Kier alpha value is -3.41. The van der Waals surface area contributed by atoms with Crippen molar-refractivity contribution < 1.29 is 23.5 Å². The number of amides is 1. The molecule has 4 rings (SSSR count). The number of carbonyl (C=O) groups is 2. The normalized spacial score (nSPS) is 18.3. The third-order valence-corrected chi connectivity index (χ3v) is 7.34. The van der Waals surface area contributed by atoms with Crippen molar-refractivity contribution in [3.05, 3.63) is 83.2 Å². The Kier molecular flexibility index (Phi) is 8.63. The lowest BCUT2D eigenvalue weighted by Crippen LogP contribution is -2.44. The van der Waals surface area contributed by atoms with E-state index in [1.807, 2.05) is 76.8 Å². The molecule has 0 unspecified atom stereocenters. The van der Waals surface area contributed by atoms with Crippen LogP contribution < -0.4 is 0 Å². The van der Waals surface area contributed by atoms with Crippen LogP contribution in [0.3, 0.4) is 0 Å². The van der Waals surface area contributed by atoms with Gasteiger partial charge in [-0.3, -0.25) is 9.69 Å². The Morgan fingerprint density at radius 1 is 0.949 bits per heavy atom. The largest absolute Gasteiger partial charge is 0.463 e. The first-order valence-corrected chi connectivity index (χ1v) is 13.9. The predicted octanol–water partition coefficient (Wildman–Crippen LogP) is 8.11. The lowest BCUT2D eigenvalue weighted by Gasteiger charge is -2.37. The Bertz CT molecular complexity index is 1310. The Morgan fingerprint density at radius 2 is 1.62 bits per heavy atom. The average Bonchev–Trinajstić information content (AvgIpc) is 3.33. The molecule has 3 aromatic carbocycles. The van der Waals surface area contributed by atoms with E-state index in [1.165, 1.54) is 11.6 Å². The summed E-state index contributed by atoms with van der Waals surface area (Å²) >= 11 is 0. The molecule has 1 saturated carbocycles. The summed E-state index contributed by atoms with van der Waals surface area (Å²) in [5, 5.41) is 1.35. The van der Waals surface area contributed by atoms with Gasteiger partial charge in [-0.25, -0.2) is 9.18 Å². The molecule has 39 heavy (non-hydrogen) atoms. The first-order valence-electron chi connectivity index (χ1n) is 13.9. The maximum atomic E-state index is 14.6. The van der Waals surface area contributed by atoms with E-state index < -0.39 is 5.60 Å². The highest BCUT2D eigenvalue weighted by Crippen LogP contribution is 2.41. The smallest absolute Gasteiger partial charge is 0.411 e. The van der Waals surface area contributed by atoms with Gasteiger partial charge in [-0.05, 0) is 94.9 Å². The highest BCUT2D eigenvalue weighted by atomic mass is 19.1. The molecule has 0 radical (unpaired) electrons. The van der Waals surface area contributed by atoms with Gasteiger partial charge in [-0.1, -0.05) is 54.6 Å². The maximum Gasteiger partial charge on any atom is 0.411 e. The summed E-state index contributed by atoms with van der Waals surface area (Å²) in [6, 6.07) is 18.5. The minimum absolute atomic E-state index is 0.0237. The van der Waals surface area contributed by atoms with Crippen LogP contribution in [0.25, 0.3) is 10.8 Å². The van der Waals surface area contributed by atoms with Gasteiger partial charge in [-0.2, -0.15) is 0 Å². The van der Waals surface area contributed by atoms with Crippen LogP contribution in [0.1, 0.15) is 89.5 Å². The second-order valence-corrected chi connectivity index (χ2v) is 11.9. The van der Waals surface area contributed by atoms with Crippen LogP contribution >= 0.6 is 0 Å². The van der Waals surface area contributed by atoms with Gasteiger partial charge in [0, 0.05) is 11.4 Å². The highest BCUT2D eigenvalue weighted by molar-refractivity contribution is 5.87. The SMILES string of the molecule is CC(C)OC(=O)Cc1ccc([C@@H]2CC[C@H](N(C(=O)OC(C)(C)C)[C@H](C)c3ccc(F)c4ccccc34)C2)cc1. The molecule has 1 fully saturated rings. The van der Waals surface area contributed by atoms with Gasteiger partial charge in [0.15, 0.2) is 0 Å². The van der Waals surface area contributed by atoms with Crippen LogP contribution in [0.5, 0.6) is 0 Å². The summed E-state index contributed by atoms with van der Waals surface area (Å²) in [5.74, 6) is -0.213. The molecule has 208 valence electrons. The fraction of sp³-hybridized carbons (Fsp3) is 0.455. The first kappa shape index (κ1) is 28.6. The van der Waals surface area contributed by atoms with Crippen molar-refractivity contribution in [2.24, 2.45) is 0 Å². The number of nitrogens with zero attached hydrogens (tertiary/aromatic N) is 1. The van der Waals surface area contributed by atoms with E-state index in [2.05, 4.69) is 12.1 Å². The summed E-state index contributed by atoms with van der Waals surface area (Å²) in [4.78, 5) is 27.5. The molecule has 0 heterocycles. The molecule has 0 spiro atoms. The maximum absolute atomic E-state index is 14.6. The van der Waals surface area contributed by atoms with Crippen molar-refractivity contribution in [1.82, 2.24) is 4.90 Å². The number of hydrogen-bond acceptors (Lipinski definition) is 4. The molecule has 1 amide bonds. The molecule has 0 saturated heterocycles.